The Labute approximate surface area is 130 Å². The van der Waals surface area contributed by atoms with E-state index in [1.54, 1.807) is 12.1 Å². The van der Waals surface area contributed by atoms with Crippen LogP contribution in [0, 0.1) is 6.92 Å². The fraction of sp³-hybridized carbons (Fsp3) is 0.222. The fourth-order valence-electron chi connectivity index (χ4n) is 2.06. The van der Waals surface area contributed by atoms with Gasteiger partial charge in [0.05, 0.1) is 6.42 Å². The molecule has 0 aromatic heterocycles. The van der Waals surface area contributed by atoms with E-state index in [2.05, 4.69) is 10.6 Å². The molecule has 0 unspecified atom stereocenters. The molecule has 2 aromatic rings. The second-order valence-electron chi connectivity index (χ2n) is 5.32. The first-order valence-corrected chi connectivity index (χ1v) is 7.22. The van der Waals surface area contributed by atoms with Gasteiger partial charge in [0.25, 0.3) is 0 Å². The molecule has 2 rings (SSSR count). The summed E-state index contributed by atoms with van der Waals surface area (Å²) < 4.78 is 0. The van der Waals surface area contributed by atoms with Crippen molar-refractivity contribution in [2.75, 3.05) is 5.32 Å². The summed E-state index contributed by atoms with van der Waals surface area (Å²) in [5, 5.41) is 5.60. The maximum Gasteiger partial charge on any atom is 0.224 e. The van der Waals surface area contributed by atoms with E-state index in [0.29, 0.717) is 13.0 Å². The Hall–Kier alpha value is -2.62. The van der Waals surface area contributed by atoms with Crippen LogP contribution in [0.1, 0.15) is 23.6 Å². The molecule has 0 aliphatic carbocycles. The Kier molecular flexibility index (Phi) is 5.31. The molecular formula is C18H20N2O2. The number of carbonyl (C=O) groups is 2. The number of anilines is 1. The van der Waals surface area contributed by atoms with Crippen LogP contribution in [0.15, 0.2) is 48.5 Å². The normalized spacial score (nSPS) is 10.1. The van der Waals surface area contributed by atoms with Crippen LogP contribution in [0.25, 0.3) is 0 Å². The van der Waals surface area contributed by atoms with Crippen LogP contribution in [-0.2, 0) is 22.6 Å². The van der Waals surface area contributed by atoms with Gasteiger partial charge in [-0.15, -0.1) is 0 Å². The topological polar surface area (TPSA) is 58.2 Å². The van der Waals surface area contributed by atoms with Gasteiger partial charge in [0, 0.05) is 19.2 Å². The highest BCUT2D eigenvalue weighted by Gasteiger charge is 2.04. The fourth-order valence-corrected chi connectivity index (χ4v) is 2.06. The van der Waals surface area contributed by atoms with E-state index >= 15 is 0 Å². The average molecular weight is 296 g/mol. The second-order valence-corrected chi connectivity index (χ2v) is 5.32. The smallest absolute Gasteiger partial charge is 0.224 e. The molecule has 2 aromatic carbocycles. The van der Waals surface area contributed by atoms with E-state index < -0.39 is 0 Å². The van der Waals surface area contributed by atoms with Crippen LogP contribution in [0.4, 0.5) is 5.69 Å². The van der Waals surface area contributed by atoms with E-state index in [0.717, 1.165) is 16.8 Å². The molecule has 0 radical (unpaired) electrons. The zero-order valence-corrected chi connectivity index (χ0v) is 12.8. The molecule has 2 amide bonds. The molecule has 0 heterocycles. The van der Waals surface area contributed by atoms with Crippen molar-refractivity contribution in [2.24, 2.45) is 0 Å². The second kappa shape index (κ2) is 7.41. The highest BCUT2D eigenvalue weighted by molar-refractivity contribution is 5.88. The summed E-state index contributed by atoms with van der Waals surface area (Å²) in [6, 6.07) is 15.4. The van der Waals surface area contributed by atoms with Crippen molar-refractivity contribution in [1.29, 1.82) is 0 Å². The van der Waals surface area contributed by atoms with E-state index in [-0.39, 0.29) is 11.8 Å². The molecule has 114 valence electrons. The van der Waals surface area contributed by atoms with Crippen LogP contribution in [-0.4, -0.2) is 11.8 Å². The highest BCUT2D eigenvalue weighted by Crippen LogP contribution is 2.10. The van der Waals surface area contributed by atoms with Gasteiger partial charge >= 0.3 is 0 Å². The molecule has 0 saturated carbocycles. The summed E-state index contributed by atoms with van der Waals surface area (Å²) in [5.41, 5.74) is 3.93. The lowest BCUT2D eigenvalue weighted by Gasteiger charge is -2.07. The standard InChI is InChI=1S/C18H20N2O2/c1-13-3-5-16(6-4-13)12-19-18(22)11-15-7-9-17(10-8-15)20-14(2)21/h3-10H,11-12H2,1-2H3,(H,19,22)(H,20,21). The number of carbonyl (C=O) groups excluding carboxylic acids is 2. The molecule has 0 aliphatic rings. The quantitative estimate of drug-likeness (QED) is 0.891. The molecule has 4 nitrogen and oxygen atoms in total. The molecule has 0 spiro atoms. The Morgan fingerprint density at radius 2 is 1.50 bits per heavy atom. The maximum absolute atomic E-state index is 11.9. The van der Waals surface area contributed by atoms with E-state index in [1.165, 1.54) is 12.5 Å². The molecule has 0 aliphatic heterocycles. The lowest BCUT2D eigenvalue weighted by molar-refractivity contribution is -0.120. The number of amides is 2. The van der Waals surface area contributed by atoms with Crippen LogP contribution < -0.4 is 10.6 Å². The summed E-state index contributed by atoms with van der Waals surface area (Å²) in [4.78, 5) is 22.9. The van der Waals surface area contributed by atoms with E-state index in [9.17, 15) is 9.59 Å². The van der Waals surface area contributed by atoms with Gasteiger partial charge in [-0.1, -0.05) is 42.0 Å². The van der Waals surface area contributed by atoms with Crippen molar-refractivity contribution < 1.29 is 9.59 Å². The first kappa shape index (κ1) is 15.8. The summed E-state index contributed by atoms with van der Waals surface area (Å²) in [6.45, 7) is 4.03. The average Bonchev–Trinajstić information content (AvgIpc) is 2.48. The van der Waals surface area contributed by atoms with Gasteiger partial charge in [-0.25, -0.2) is 0 Å². The number of rotatable bonds is 5. The van der Waals surface area contributed by atoms with Gasteiger partial charge in [0.2, 0.25) is 11.8 Å². The zero-order chi connectivity index (χ0) is 15.9. The van der Waals surface area contributed by atoms with Gasteiger partial charge in [-0.05, 0) is 30.2 Å². The Morgan fingerprint density at radius 3 is 2.09 bits per heavy atom. The molecule has 0 atom stereocenters. The van der Waals surface area contributed by atoms with Crippen LogP contribution in [0.2, 0.25) is 0 Å². The van der Waals surface area contributed by atoms with Gasteiger partial charge in [0.1, 0.15) is 0 Å². The molecular weight excluding hydrogens is 276 g/mol. The summed E-state index contributed by atoms with van der Waals surface area (Å²) in [6.07, 6.45) is 0.326. The summed E-state index contributed by atoms with van der Waals surface area (Å²) >= 11 is 0. The lowest BCUT2D eigenvalue weighted by atomic mass is 10.1. The summed E-state index contributed by atoms with van der Waals surface area (Å²) in [7, 11) is 0. The highest BCUT2D eigenvalue weighted by atomic mass is 16.2. The van der Waals surface area contributed by atoms with Crippen molar-refractivity contribution in [3.63, 3.8) is 0 Å². The van der Waals surface area contributed by atoms with Gasteiger partial charge in [0.15, 0.2) is 0 Å². The van der Waals surface area contributed by atoms with Crippen LogP contribution in [0.3, 0.4) is 0 Å². The molecule has 4 heteroatoms. The Morgan fingerprint density at radius 1 is 0.909 bits per heavy atom. The molecule has 0 bridgehead atoms. The van der Waals surface area contributed by atoms with Crippen molar-refractivity contribution in [1.82, 2.24) is 5.32 Å². The minimum atomic E-state index is -0.108. The Bertz CT molecular complexity index is 646. The van der Waals surface area contributed by atoms with Crippen molar-refractivity contribution >= 4 is 17.5 Å². The number of benzene rings is 2. The van der Waals surface area contributed by atoms with Gasteiger partial charge < -0.3 is 10.6 Å². The maximum atomic E-state index is 11.9. The van der Waals surface area contributed by atoms with Crippen LogP contribution >= 0.6 is 0 Å². The van der Waals surface area contributed by atoms with Crippen molar-refractivity contribution in [2.45, 2.75) is 26.8 Å². The molecule has 2 N–H and O–H groups in total. The Balaban J connectivity index is 1.83. The third-order valence-electron chi connectivity index (χ3n) is 3.25. The van der Waals surface area contributed by atoms with Crippen LogP contribution in [0.5, 0.6) is 0 Å². The lowest BCUT2D eigenvalue weighted by Crippen LogP contribution is -2.24. The minimum Gasteiger partial charge on any atom is -0.352 e. The van der Waals surface area contributed by atoms with E-state index in [4.69, 9.17) is 0 Å². The zero-order valence-electron chi connectivity index (χ0n) is 12.8. The van der Waals surface area contributed by atoms with Gasteiger partial charge in [-0.2, -0.15) is 0 Å². The third-order valence-corrected chi connectivity index (χ3v) is 3.25. The number of hydrogen-bond acceptors (Lipinski definition) is 2. The SMILES string of the molecule is CC(=O)Nc1ccc(CC(=O)NCc2ccc(C)cc2)cc1. The van der Waals surface area contributed by atoms with Crippen molar-refractivity contribution in [3.8, 4) is 0 Å². The molecule has 22 heavy (non-hydrogen) atoms. The first-order valence-electron chi connectivity index (χ1n) is 7.22. The largest absolute Gasteiger partial charge is 0.352 e. The van der Waals surface area contributed by atoms with Gasteiger partial charge in [-0.3, -0.25) is 9.59 Å². The van der Waals surface area contributed by atoms with Crippen molar-refractivity contribution in [3.05, 3.63) is 65.2 Å². The first-order chi connectivity index (χ1) is 10.5. The molecule has 0 saturated heterocycles. The minimum absolute atomic E-state index is 0.0205. The number of nitrogens with one attached hydrogen (secondary N) is 2. The predicted octanol–water partition coefficient (Wildman–Crippen LogP) is 2.81. The number of aryl methyl sites for hydroxylation is 1. The van der Waals surface area contributed by atoms with E-state index in [1.807, 2.05) is 43.3 Å². The third kappa shape index (κ3) is 5.05. The predicted molar refractivity (Wildman–Crippen MR) is 87.5 cm³/mol. The number of hydrogen-bond donors (Lipinski definition) is 2. The monoisotopic (exact) mass is 296 g/mol. The molecule has 0 fully saturated rings. The summed E-state index contributed by atoms with van der Waals surface area (Å²) in [5.74, 6) is -0.128.